The van der Waals surface area contributed by atoms with E-state index >= 15 is 0 Å². The number of aliphatic hydroxyl groups excluding tert-OH is 1. The largest absolute Gasteiger partial charge is 0.466 e. The number of aliphatic hydroxyl groups is 1. The summed E-state index contributed by atoms with van der Waals surface area (Å²) in [5.74, 6) is -0.0850. The summed E-state index contributed by atoms with van der Waals surface area (Å²) in [6.07, 6.45) is 32.5. The van der Waals surface area contributed by atoms with Crippen LogP contribution in [0, 0.1) is 0 Å². The van der Waals surface area contributed by atoms with Gasteiger partial charge in [-0.25, -0.2) is 0 Å². The molecule has 0 spiro atoms. The van der Waals surface area contributed by atoms with Crippen LogP contribution in [0.4, 0.5) is 0 Å². The van der Waals surface area contributed by atoms with Crippen molar-refractivity contribution < 1.29 is 33.6 Å². The zero-order valence-corrected chi connectivity index (χ0v) is 29.0. The van der Waals surface area contributed by atoms with Crippen molar-refractivity contribution >= 4 is 11.9 Å². The molecule has 0 aliphatic carbocycles. The van der Waals surface area contributed by atoms with E-state index in [1.165, 1.54) is 70.6 Å². The normalized spacial score (nSPS) is 17.7. The predicted molar refractivity (Wildman–Crippen MR) is 181 cm³/mol. The lowest BCUT2D eigenvalue weighted by atomic mass is 10.0. The number of hydrogen-bond acceptors (Lipinski definition) is 7. The van der Waals surface area contributed by atoms with Gasteiger partial charge < -0.3 is 24.1 Å². The summed E-state index contributed by atoms with van der Waals surface area (Å²) in [5.41, 5.74) is 0. The minimum Gasteiger partial charge on any atom is -0.466 e. The average molecular weight is 639 g/mol. The second kappa shape index (κ2) is 29.0. The molecule has 7 heteroatoms. The molecule has 2 rings (SSSR count). The fourth-order valence-electron chi connectivity index (χ4n) is 6.03. The Kier molecular flexibility index (Phi) is 25.8. The van der Waals surface area contributed by atoms with E-state index in [-0.39, 0.29) is 18.0 Å². The molecule has 45 heavy (non-hydrogen) atoms. The van der Waals surface area contributed by atoms with Gasteiger partial charge in [-0.3, -0.25) is 9.59 Å². The Morgan fingerprint density at radius 3 is 1.18 bits per heavy atom. The molecule has 2 unspecified atom stereocenters. The van der Waals surface area contributed by atoms with Crippen molar-refractivity contribution in [1.29, 1.82) is 0 Å². The van der Waals surface area contributed by atoms with Crippen LogP contribution < -0.4 is 0 Å². The van der Waals surface area contributed by atoms with Crippen molar-refractivity contribution in [2.45, 2.75) is 205 Å². The van der Waals surface area contributed by atoms with Gasteiger partial charge in [0.05, 0.1) is 44.7 Å². The molecule has 0 bridgehead atoms. The van der Waals surface area contributed by atoms with Crippen molar-refractivity contribution in [2.24, 2.45) is 0 Å². The Bertz CT molecular complexity index is 692. The van der Waals surface area contributed by atoms with Crippen LogP contribution in [-0.2, 0) is 28.5 Å². The third-order valence-electron chi connectivity index (χ3n) is 9.26. The molecule has 0 radical (unpaired) electrons. The first-order chi connectivity index (χ1) is 22.1. The number of hydrogen-bond donors (Lipinski definition) is 1. The molecule has 2 aliphatic heterocycles. The molecule has 2 fully saturated rings. The SMILES string of the molecule is O=C(CCCCCCCCC(O)CCCCCCCC(=O)OCCCCCCCC[C@@H]1CO1)OCCCCCCCCC1CO1. The highest BCUT2D eigenvalue weighted by Gasteiger charge is 2.21. The van der Waals surface area contributed by atoms with E-state index in [4.69, 9.17) is 18.9 Å². The van der Waals surface area contributed by atoms with Gasteiger partial charge in [-0.15, -0.1) is 0 Å². The van der Waals surface area contributed by atoms with Crippen molar-refractivity contribution in [3.05, 3.63) is 0 Å². The Balaban J connectivity index is 1.20. The molecular weight excluding hydrogens is 568 g/mol. The standard InChI is InChI=1S/C38H70O7/c39-34(25-17-9-7-13-21-29-38(41)43-31-23-15-6-4-11-19-27-36-33-45-36)24-16-8-1-2-12-20-28-37(40)42-30-22-14-5-3-10-18-26-35-32-44-35/h34-36,39H,1-33H2/t34?,35?,36-/m1/s1. The number of epoxide rings is 2. The maximum Gasteiger partial charge on any atom is 0.305 e. The van der Waals surface area contributed by atoms with Gasteiger partial charge in [-0.2, -0.15) is 0 Å². The number of ether oxygens (including phenoxy) is 4. The molecule has 2 heterocycles. The predicted octanol–water partition coefficient (Wildman–Crippen LogP) is 9.54. The number of unbranched alkanes of at least 4 members (excludes halogenated alkanes) is 19. The van der Waals surface area contributed by atoms with Crippen molar-refractivity contribution in [2.75, 3.05) is 26.4 Å². The second-order valence-electron chi connectivity index (χ2n) is 13.8. The summed E-state index contributed by atoms with van der Waals surface area (Å²) in [6, 6.07) is 0. The molecule has 0 aromatic rings. The lowest BCUT2D eigenvalue weighted by Gasteiger charge is -2.10. The van der Waals surface area contributed by atoms with Gasteiger partial charge in [0.1, 0.15) is 0 Å². The smallest absolute Gasteiger partial charge is 0.305 e. The van der Waals surface area contributed by atoms with Crippen LogP contribution in [-0.4, -0.2) is 61.8 Å². The highest BCUT2D eigenvalue weighted by Crippen LogP contribution is 2.19. The summed E-state index contributed by atoms with van der Waals surface area (Å²) in [4.78, 5) is 23.8. The summed E-state index contributed by atoms with van der Waals surface area (Å²) < 4.78 is 21.2. The first-order valence-corrected chi connectivity index (χ1v) is 19.4. The number of carbonyl (C=O) groups is 2. The zero-order valence-electron chi connectivity index (χ0n) is 29.0. The molecule has 3 atom stereocenters. The third-order valence-corrected chi connectivity index (χ3v) is 9.26. The van der Waals surface area contributed by atoms with Crippen LogP contribution >= 0.6 is 0 Å². The Morgan fingerprint density at radius 1 is 0.489 bits per heavy atom. The molecule has 2 aliphatic rings. The van der Waals surface area contributed by atoms with Crippen molar-refractivity contribution in [1.82, 2.24) is 0 Å². The van der Waals surface area contributed by atoms with Gasteiger partial charge in [0.2, 0.25) is 0 Å². The molecule has 0 aromatic carbocycles. The van der Waals surface area contributed by atoms with Crippen LogP contribution in [0.1, 0.15) is 186 Å². The fourth-order valence-corrected chi connectivity index (χ4v) is 6.03. The van der Waals surface area contributed by atoms with E-state index in [1.807, 2.05) is 0 Å². The Hall–Kier alpha value is -1.18. The van der Waals surface area contributed by atoms with Gasteiger partial charge in [0.15, 0.2) is 0 Å². The maximum atomic E-state index is 11.9. The van der Waals surface area contributed by atoms with Crippen LogP contribution in [0.2, 0.25) is 0 Å². The van der Waals surface area contributed by atoms with Crippen LogP contribution in [0.5, 0.6) is 0 Å². The van der Waals surface area contributed by atoms with Gasteiger partial charge in [0.25, 0.3) is 0 Å². The third kappa shape index (κ3) is 28.7. The Labute approximate surface area is 276 Å². The summed E-state index contributed by atoms with van der Waals surface area (Å²) in [5, 5.41) is 10.3. The zero-order chi connectivity index (χ0) is 32.0. The monoisotopic (exact) mass is 639 g/mol. The maximum absolute atomic E-state index is 11.9. The quantitative estimate of drug-likeness (QED) is 0.0419. The molecule has 0 saturated carbocycles. The van der Waals surface area contributed by atoms with E-state index in [0.717, 1.165) is 116 Å². The van der Waals surface area contributed by atoms with E-state index in [9.17, 15) is 14.7 Å². The lowest BCUT2D eigenvalue weighted by molar-refractivity contribution is -0.144. The highest BCUT2D eigenvalue weighted by molar-refractivity contribution is 5.69. The molecule has 264 valence electrons. The number of esters is 2. The van der Waals surface area contributed by atoms with Crippen LogP contribution in [0.15, 0.2) is 0 Å². The van der Waals surface area contributed by atoms with E-state index in [1.54, 1.807) is 0 Å². The summed E-state index contributed by atoms with van der Waals surface area (Å²) >= 11 is 0. The minimum atomic E-state index is -0.186. The molecule has 7 nitrogen and oxygen atoms in total. The molecular formula is C38H70O7. The summed E-state index contributed by atoms with van der Waals surface area (Å²) in [7, 11) is 0. The topological polar surface area (TPSA) is 97.9 Å². The van der Waals surface area contributed by atoms with Gasteiger partial charge in [-0.05, 0) is 51.4 Å². The Morgan fingerprint density at radius 2 is 0.800 bits per heavy atom. The number of carbonyl (C=O) groups excluding carboxylic acids is 2. The fraction of sp³-hybridized carbons (Fsp3) is 0.947. The average Bonchev–Trinajstić information content (AvgIpc) is 3.97. The lowest BCUT2D eigenvalue weighted by Crippen LogP contribution is -2.06. The van der Waals surface area contributed by atoms with Crippen molar-refractivity contribution in [3.63, 3.8) is 0 Å². The molecule has 0 aromatic heterocycles. The van der Waals surface area contributed by atoms with E-state index < -0.39 is 0 Å². The number of rotatable bonds is 35. The van der Waals surface area contributed by atoms with E-state index in [0.29, 0.717) is 38.3 Å². The van der Waals surface area contributed by atoms with Crippen LogP contribution in [0.25, 0.3) is 0 Å². The van der Waals surface area contributed by atoms with Crippen LogP contribution in [0.3, 0.4) is 0 Å². The first-order valence-electron chi connectivity index (χ1n) is 19.4. The van der Waals surface area contributed by atoms with Gasteiger partial charge >= 0.3 is 11.9 Å². The molecule has 2 saturated heterocycles. The molecule has 1 N–H and O–H groups in total. The van der Waals surface area contributed by atoms with Crippen molar-refractivity contribution in [3.8, 4) is 0 Å². The summed E-state index contributed by atoms with van der Waals surface area (Å²) in [6.45, 7) is 3.09. The minimum absolute atomic E-state index is 0.0390. The first kappa shape index (κ1) is 40.0. The van der Waals surface area contributed by atoms with E-state index in [2.05, 4.69) is 0 Å². The second-order valence-corrected chi connectivity index (χ2v) is 13.8. The van der Waals surface area contributed by atoms with Gasteiger partial charge in [0, 0.05) is 12.8 Å². The molecule has 0 amide bonds. The van der Waals surface area contributed by atoms with Gasteiger partial charge in [-0.1, -0.05) is 122 Å². The highest BCUT2D eigenvalue weighted by atomic mass is 16.6.